The Morgan fingerprint density at radius 2 is 1.56 bits per heavy atom. The van der Waals surface area contributed by atoms with Gasteiger partial charge in [0.15, 0.2) is 0 Å². The number of piperazine rings is 1. The lowest BCUT2D eigenvalue weighted by atomic mass is 9.92. The number of benzene rings is 3. The predicted molar refractivity (Wildman–Crippen MR) is 272 cm³/mol. The van der Waals surface area contributed by atoms with Crippen molar-refractivity contribution in [2.45, 2.75) is 70.4 Å². The summed E-state index contributed by atoms with van der Waals surface area (Å²) in [6, 6.07) is 14.9. The molecule has 4 aromatic rings. The molecule has 10 rings (SSSR count). The third-order valence-corrected chi connectivity index (χ3v) is 16.8. The molecular weight excluding hydrogens is 979 g/mol. The summed E-state index contributed by atoms with van der Waals surface area (Å²) in [6.45, 7) is 11.6. The monoisotopic (exact) mass is 1040 g/mol. The van der Waals surface area contributed by atoms with Crippen LogP contribution in [0.25, 0.3) is 0 Å². The van der Waals surface area contributed by atoms with Crippen molar-refractivity contribution in [2.75, 3.05) is 104 Å². The van der Waals surface area contributed by atoms with E-state index in [0.29, 0.717) is 69.4 Å². The molecular formula is C50H60BrN11O7S. The minimum absolute atomic E-state index is 0.0985. The molecule has 1 atom stereocenters. The lowest BCUT2D eigenvalue weighted by Crippen LogP contribution is -2.54. The van der Waals surface area contributed by atoms with Gasteiger partial charge in [-0.25, -0.2) is 13.4 Å². The van der Waals surface area contributed by atoms with Crippen LogP contribution in [-0.4, -0.2) is 148 Å². The minimum Gasteiger partial charge on any atom is -0.494 e. The summed E-state index contributed by atoms with van der Waals surface area (Å²) in [5, 5.41) is 8.97. The fourth-order valence-electron chi connectivity index (χ4n) is 11.2. The van der Waals surface area contributed by atoms with Gasteiger partial charge in [-0.2, -0.15) is 4.98 Å². The first-order chi connectivity index (χ1) is 33.7. The van der Waals surface area contributed by atoms with Gasteiger partial charge in [0.1, 0.15) is 17.6 Å². The van der Waals surface area contributed by atoms with Gasteiger partial charge in [-0.15, -0.1) is 0 Å². The maximum atomic E-state index is 13.4. The van der Waals surface area contributed by atoms with Crippen LogP contribution in [0.1, 0.15) is 76.8 Å². The highest BCUT2D eigenvalue weighted by atomic mass is 79.9. The normalized spacial score (nSPS) is 20.8. The lowest BCUT2D eigenvalue weighted by Gasteiger charge is -2.44. The summed E-state index contributed by atoms with van der Waals surface area (Å²) in [4.78, 5) is 71.1. The van der Waals surface area contributed by atoms with E-state index < -0.39 is 33.8 Å². The van der Waals surface area contributed by atoms with E-state index in [0.717, 1.165) is 118 Å². The van der Waals surface area contributed by atoms with E-state index in [1.165, 1.54) is 17.0 Å². The Morgan fingerprint density at radius 1 is 0.814 bits per heavy atom. The standard InChI is InChI=1S/C50H60BrN11O7S/c1-31-27-40(54-50-52-30-38(51)46(56-50)53-39-6-4-5-33-14-22-61(45(33)39)70(3,67)68)43(69-2)29-42(31)60-20-15-34(16-21-60)59-25-23-57(24-26-59)17-11-32-12-18-58(19-13-32)35-7-8-36-37(28-35)49(66)62(48(36)65)41-9-10-44(63)55-47(41)64/h4-8,27-30,32,34,41H,9-26H2,1-3H3,(H,55,63,64)(H2,52,53,54,56). The second-order valence-electron chi connectivity index (χ2n) is 19.4. The Bertz CT molecular complexity index is 2830. The fourth-order valence-corrected chi connectivity index (χ4v) is 12.5. The van der Waals surface area contributed by atoms with Crippen LogP contribution in [0.4, 0.5) is 40.2 Å². The van der Waals surface area contributed by atoms with Gasteiger partial charge in [0.2, 0.25) is 27.8 Å². The van der Waals surface area contributed by atoms with E-state index in [-0.39, 0.29) is 18.7 Å². The number of carbonyl (C=O) groups is 4. The van der Waals surface area contributed by atoms with E-state index in [4.69, 9.17) is 9.72 Å². The molecule has 0 aliphatic carbocycles. The van der Waals surface area contributed by atoms with Gasteiger partial charge in [-0.05, 0) is 122 Å². The number of imide groups is 2. The molecule has 4 amide bonds. The molecule has 4 fully saturated rings. The highest BCUT2D eigenvalue weighted by molar-refractivity contribution is 9.10. The second kappa shape index (κ2) is 19.8. The van der Waals surface area contributed by atoms with Gasteiger partial charge in [-0.3, -0.25) is 38.6 Å². The van der Waals surface area contributed by atoms with Crippen molar-refractivity contribution in [1.29, 1.82) is 0 Å². The molecule has 0 spiro atoms. The molecule has 18 nitrogen and oxygen atoms in total. The summed E-state index contributed by atoms with van der Waals surface area (Å²) in [5.74, 6) is 0.255. The van der Waals surface area contributed by atoms with Gasteiger partial charge >= 0.3 is 0 Å². The van der Waals surface area contributed by atoms with E-state index in [9.17, 15) is 27.6 Å². The Hall–Kier alpha value is -5.83. The predicted octanol–water partition coefficient (Wildman–Crippen LogP) is 5.66. The van der Waals surface area contributed by atoms with E-state index in [1.54, 1.807) is 25.4 Å². The SMILES string of the molecule is COc1cc(N2CCC(N3CCN(CCC4CCN(c5ccc6c(c5)C(=O)N(C5CCC(=O)NC5=O)C6=O)CC4)CC3)CC2)c(C)cc1Nc1ncc(Br)c(Nc2cccc3c2N(S(C)(=O)=O)CC3)n1. The zero-order valence-corrected chi connectivity index (χ0v) is 42.3. The zero-order valence-electron chi connectivity index (χ0n) is 39.9. The molecule has 0 saturated carbocycles. The molecule has 3 N–H and O–H groups in total. The van der Waals surface area contributed by atoms with Crippen molar-refractivity contribution in [2.24, 2.45) is 5.92 Å². The van der Waals surface area contributed by atoms with Crippen LogP contribution in [-0.2, 0) is 26.0 Å². The van der Waals surface area contributed by atoms with E-state index >= 15 is 0 Å². The number of nitrogens with zero attached hydrogens (tertiary/aromatic N) is 8. The molecule has 6 aliphatic heterocycles. The smallest absolute Gasteiger partial charge is 0.262 e. The molecule has 1 aromatic heterocycles. The maximum absolute atomic E-state index is 13.4. The molecule has 1 unspecified atom stereocenters. The Labute approximate surface area is 417 Å². The number of fused-ring (bicyclic) bond motifs is 2. The third-order valence-electron chi connectivity index (χ3n) is 15.1. The van der Waals surface area contributed by atoms with Crippen LogP contribution < -0.4 is 34.8 Å². The molecule has 370 valence electrons. The van der Waals surface area contributed by atoms with Gasteiger partial charge in [-0.1, -0.05) is 12.1 Å². The highest BCUT2D eigenvalue weighted by Crippen LogP contribution is 2.41. The molecule has 0 radical (unpaired) electrons. The number of rotatable bonds is 13. The number of aromatic nitrogens is 2. The van der Waals surface area contributed by atoms with Crippen LogP contribution in [0.5, 0.6) is 5.75 Å². The van der Waals surface area contributed by atoms with Crippen LogP contribution in [0.3, 0.4) is 0 Å². The van der Waals surface area contributed by atoms with Crippen molar-refractivity contribution in [3.63, 3.8) is 0 Å². The van der Waals surface area contributed by atoms with Crippen molar-refractivity contribution in [3.8, 4) is 5.75 Å². The number of aryl methyl sites for hydroxylation is 1. The minimum atomic E-state index is -3.45. The van der Waals surface area contributed by atoms with Crippen LogP contribution >= 0.6 is 15.9 Å². The third kappa shape index (κ3) is 9.66. The highest BCUT2D eigenvalue weighted by Gasteiger charge is 2.45. The van der Waals surface area contributed by atoms with Crippen molar-refractivity contribution >= 4 is 89.8 Å². The number of anilines is 7. The van der Waals surface area contributed by atoms with Crippen molar-refractivity contribution < 1.29 is 32.3 Å². The number of hydrogen-bond acceptors (Lipinski definition) is 15. The summed E-state index contributed by atoms with van der Waals surface area (Å²) in [6.07, 6.45) is 9.28. The number of para-hydroxylation sites is 1. The maximum Gasteiger partial charge on any atom is 0.262 e. The largest absolute Gasteiger partial charge is 0.494 e. The molecule has 3 aromatic carbocycles. The summed E-state index contributed by atoms with van der Waals surface area (Å²) in [5.41, 5.74) is 6.83. The first kappa shape index (κ1) is 47.8. The number of nitrogens with one attached hydrogen (secondary N) is 3. The first-order valence-corrected chi connectivity index (χ1v) is 27.0. The average molecular weight is 1040 g/mol. The average Bonchev–Trinajstić information content (AvgIpc) is 3.91. The molecule has 20 heteroatoms. The van der Waals surface area contributed by atoms with E-state index in [2.05, 4.69) is 75.5 Å². The van der Waals surface area contributed by atoms with Gasteiger partial charge in [0.25, 0.3) is 11.8 Å². The van der Waals surface area contributed by atoms with Gasteiger partial charge in [0.05, 0.1) is 46.0 Å². The van der Waals surface area contributed by atoms with Gasteiger partial charge in [0, 0.05) is 95.0 Å². The number of sulfonamides is 1. The topological polar surface area (TPSA) is 193 Å². The molecule has 7 heterocycles. The molecule has 0 bridgehead atoms. The van der Waals surface area contributed by atoms with Crippen LogP contribution in [0, 0.1) is 12.8 Å². The first-order valence-electron chi connectivity index (χ1n) is 24.4. The Morgan fingerprint density at radius 3 is 2.29 bits per heavy atom. The van der Waals surface area contributed by atoms with Crippen LogP contribution in [0.15, 0.2) is 59.2 Å². The fraction of sp³-hybridized carbons (Fsp3) is 0.480. The quantitative estimate of drug-likeness (QED) is 0.139. The molecule has 70 heavy (non-hydrogen) atoms. The lowest BCUT2D eigenvalue weighted by molar-refractivity contribution is -0.136. The number of amides is 4. The molecule has 4 saturated heterocycles. The van der Waals surface area contributed by atoms with Crippen molar-refractivity contribution in [3.05, 3.63) is 81.5 Å². The van der Waals surface area contributed by atoms with Gasteiger partial charge < -0.3 is 30.1 Å². The number of methoxy groups -OCH3 is 1. The van der Waals surface area contributed by atoms with Crippen LogP contribution in [0.2, 0.25) is 0 Å². The second-order valence-corrected chi connectivity index (χ2v) is 22.1. The molecule has 6 aliphatic rings. The van der Waals surface area contributed by atoms with Crippen molar-refractivity contribution in [1.82, 2.24) is 30.0 Å². The Balaban J connectivity index is 0.676. The summed E-state index contributed by atoms with van der Waals surface area (Å²) < 4.78 is 33.2. The summed E-state index contributed by atoms with van der Waals surface area (Å²) >= 11 is 3.57. The number of ether oxygens (including phenoxy) is 1. The van der Waals surface area contributed by atoms with E-state index in [1.807, 2.05) is 24.3 Å². The summed E-state index contributed by atoms with van der Waals surface area (Å²) in [7, 11) is -1.78. The number of carbonyl (C=O) groups excluding carboxylic acids is 4. The zero-order chi connectivity index (χ0) is 48.8. The number of piperidine rings is 3. The number of halogens is 1. The Kier molecular flexibility index (Phi) is 13.5. The number of hydrogen-bond donors (Lipinski definition) is 3.